The van der Waals surface area contributed by atoms with Gasteiger partial charge in [-0.3, -0.25) is 9.59 Å². The minimum absolute atomic E-state index is 0.207. The van der Waals surface area contributed by atoms with Gasteiger partial charge in [-0.05, 0) is 0 Å². The van der Waals surface area contributed by atoms with Crippen LogP contribution in [-0.2, 0) is 14.4 Å². The van der Waals surface area contributed by atoms with E-state index in [2.05, 4.69) is 5.32 Å². The second-order valence-electron chi connectivity index (χ2n) is 4.15. The van der Waals surface area contributed by atoms with Gasteiger partial charge in [-0.15, -0.1) is 0 Å². The van der Waals surface area contributed by atoms with Gasteiger partial charge in [0.1, 0.15) is 12.6 Å². The predicted molar refractivity (Wildman–Crippen MR) is 65.1 cm³/mol. The first-order valence-electron chi connectivity index (χ1n) is 5.38. The molecule has 0 aromatic rings. The van der Waals surface area contributed by atoms with Crippen molar-refractivity contribution in [2.24, 2.45) is 5.73 Å². The van der Waals surface area contributed by atoms with Gasteiger partial charge in [-0.2, -0.15) is 0 Å². The van der Waals surface area contributed by atoms with Crippen LogP contribution in [0.2, 0.25) is 0 Å². The van der Waals surface area contributed by atoms with Crippen LogP contribution in [0, 0.1) is 0 Å². The van der Waals surface area contributed by atoms with Crippen LogP contribution < -0.4 is 11.1 Å². The number of primary amides is 1. The predicted octanol–water partition coefficient (Wildman–Crippen LogP) is -1.96. The third kappa shape index (κ3) is 6.24. The average Bonchev–Trinajstić information content (AvgIpc) is 2.26. The zero-order chi connectivity index (χ0) is 15.2. The molecule has 0 aromatic heterocycles. The van der Waals surface area contributed by atoms with E-state index in [0.717, 1.165) is 4.90 Å². The van der Waals surface area contributed by atoms with E-state index in [9.17, 15) is 19.2 Å². The molecule has 1 atom stereocenters. The number of aliphatic carboxylic acids is 1. The fourth-order valence-corrected chi connectivity index (χ4v) is 1.08. The molecule has 19 heavy (non-hydrogen) atoms. The zero-order valence-electron chi connectivity index (χ0n) is 11.0. The summed E-state index contributed by atoms with van der Waals surface area (Å²) in [7, 11) is 4.39. The Balaban J connectivity index is 4.51. The molecular formula is C10H18N4O5. The number of amides is 4. The quantitative estimate of drug-likeness (QED) is 0.517. The molecule has 0 saturated heterocycles. The van der Waals surface area contributed by atoms with Gasteiger partial charge in [0.05, 0.1) is 6.42 Å². The van der Waals surface area contributed by atoms with Crippen molar-refractivity contribution in [3.05, 3.63) is 0 Å². The average molecular weight is 274 g/mol. The van der Waals surface area contributed by atoms with Crippen molar-refractivity contribution < 1.29 is 24.3 Å². The van der Waals surface area contributed by atoms with Gasteiger partial charge in [0, 0.05) is 21.1 Å². The summed E-state index contributed by atoms with van der Waals surface area (Å²) in [6.07, 6.45) is -0.517. The Hall–Kier alpha value is -2.32. The Morgan fingerprint density at radius 2 is 1.74 bits per heavy atom. The fourth-order valence-electron chi connectivity index (χ4n) is 1.08. The van der Waals surface area contributed by atoms with E-state index in [1.165, 1.54) is 26.0 Å². The van der Waals surface area contributed by atoms with Gasteiger partial charge in [0.2, 0.25) is 11.8 Å². The van der Waals surface area contributed by atoms with E-state index >= 15 is 0 Å². The number of likely N-dealkylation sites (N-methyl/N-ethyl adjacent to an activating group) is 2. The van der Waals surface area contributed by atoms with Gasteiger partial charge in [-0.1, -0.05) is 0 Å². The normalized spacial score (nSPS) is 11.3. The second kappa shape index (κ2) is 7.19. The first-order chi connectivity index (χ1) is 8.65. The molecule has 9 heteroatoms. The van der Waals surface area contributed by atoms with Crippen LogP contribution in [0.4, 0.5) is 4.79 Å². The van der Waals surface area contributed by atoms with Crippen LogP contribution in [0.3, 0.4) is 0 Å². The number of carboxylic acids is 1. The number of nitrogens with one attached hydrogen (secondary N) is 1. The Labute approximate surface area is 110 Å². The van der Waals surface area contributed by atoms with Crippen LogP contribution in [0.5, 0.6) is 0 Å². The van der Waals surface area contributed by atoms with Crippen LogP contribution in [-0.4, -0.2) is 72.5 Å². The smallest absolute Gasteiger partial charge is 0.326 e. The number of urea groups is 1. The number of nitrogens with zero attached hydrogens (tertiary/aromatic N) is 2. The maximum Gasteiger partial charge on any atom is 0.326 e. The molecule has 9 nitrogen and oxygen atoms in total. The van der Waals surface area contributed by atoms with E-state index in [-0.39, 0.29) is 12.5 Å². The van der Waals surface area contributed by atoms with Gasteiger partial charge in [0.15, 0.2) is 0 Å². The molecule has 0 fully saturated rings. The molecule has 4 amide bonds. The van der Waals surface area contributed by atoms with Gasteiger partial charge >= 0.3 is 12.0 Å². The number of hydrogen-bond acceptors (Lipinski definition) is 4. The van der Waals surface area contributed by atoms with Gasteiger partial charge in [0.25, 0.3) is 0 Å². The molecule has 0 heterocycles. The van der Waals surface area contributed by atoms with E-state index in [0.29, 0.717) is 0 Å². The highest BCUT2D eigenvalue weighted by Crippen LogP contribution is 1.95. The van der Waals surface area contributed by atoms with Crippen molar-refractivity contribution in [2.45, 2.75) is 12.5 Å². The molecule has 0 bridgehead atoms. The Morgan fingerprint density at radius 1 is 1.21 bits per heavy atom. The zero-order valence-corrected chi connectivity index (χ0v) is 11.0. The summed E-state index contributed by atoms with van der Waals surface area (Å²) < 4.78 is 0. The van der Waals surface area contributed by atoms with E-state index in [1.807, 2.05) is 0 Å². The van der Waals surface area contributed by atoms with Crippen molar-refractivity contribution in [3.63, 3.8) is 0 Å². The number of carbonyl (C=O) groups is 4. The van der Waals surface area contributed by atoms with Crippen molar-refractivity contribution in [2.75, 3.05) is 27.7 Å². The third-order valence-electron chi connectivity index (χ3n) is 2.22. The number of carbonyl (C=O) groups excluding carboxylic acids is 3. The highest BCUT2D eigenvalue weighted by molar-refractivity contribution is 5.89. The highest BCUT2D eigenvalue weighted by atomic mass is 16.4. The Kier molecular flexibility index (Phi) is 6.31. The number of carboxylic acid groups (broad SMARTS) is 1. The number of rotatable bonds is 6. The van der Waals surface area contributed by atoms with Crippen LogP contribution in [0.1, 0.15) is 6.42 Å². The summed E-state index contributed by atoms with van der Waals surface area (Å²) in [6.45, 7) is -0.207. The maximum absolute atomic E-state index is 11.6. The minimum Gasteiger partial charge on any atom is -0.480 e. The number of hydrogen-bond donors (Lipinski definition) is 3. The SMILES string of the molecule is CN(C)C(=O)CN(C)C(=O)N[C@H](CC(N)=O)C(=O)O. The lowest BCUT2D eigenvalue weighted by Gasteiger charge is -2.21. The van der Waals surface area contributed by atoms with Crippen molar-refractivity contribution >= 4 is 23.8 Å². The fraction of sp³-hybridized carbons (Fsp3) is 0.600. The summed E-state index contributed by atoms with van der Waals surface area (Å²) in [4.78, 5) is 46.8. The lowest BCUT2D eigenvalue weighted by atomic mass is 10.2. The topological polar surface area (TPSA) is 133 Å². The first kappa shape index (κ1) is 16.7. The van der Waals surface area contributed by atoms with Crippen LogP contribution >= 0.6 is 0 Å². The molecule has 0 aliphatic carbocycles. The molecule has 0 aromatic carbocycles. The largest absolute Gasteiger partial charge is 0.480 e. The maximum atomic E-state index is 11.6. The van der Waals surface area contributed by atoms with E-state index < -0.39 is 30.4 Å². The summed E-state index contributed by atoms with van der Waals surface area (Å²) in [5.74, 6) is -2.54. The molecule has 0 spiro atoms. The molecule has 0 saturated carbocycles. The number of nitrogens with two attached hydrogens (primary N) is 1. The Bertz CT molecular complexity index is 382. The summed E-state index contributed by atoms with van der Waals surface area (Å²) in [5.41, 5.74) is 4.88. The second-order valence-corrected chi connectivity index (χ2v) is 4.15. The highest BCUT2D eigenvalue weighted by Gasteiger charge is 2.24. The molecule has 0 radical (unpaired) electrons. The van der Waals surface area contributed by atoms with E-state index in [1.54, 1.807) is 0 Å². The van der Waals surface area contributed by atoms with Crippen LogP contribution in [0.25, 0.3) is 0 Å². The Morgan fingerprint density at radius 3 is 2.11 bits per heavy atom. The molecule has 0 aliphatic heterocycles. The first-order valence-corrected chi connectivity index (χ1v) is 5.38. The van der Waals surface area contributed by atoms with Crippen molar-refractivity contribution in [1.29, 1.82) is 0 Å². The molecule has 108 valence electrons. The van der Waals surface area contributed by atoms with Gasteiger partial charge in [-0.25, -0.2) is 9.59 Å². The monoisotopic (exact) mass is 274 g/mol. The lowest BCUT2D eigenvalue weighted by Crippen LogP contribution is -2.50. The van der Waals surface area contributed by atoms with Gasteiger partial charge < -0.3 is 26.0 Å². The summed E-state index contributed by atoms with van der Waals surface area (Å²) in [5, 5.41) is 10.9. The van der Waals surface area contributed by atoms with E-state index in [4.69, 9.17) is 10.8 Å². The third-order valence-corrected chi connectivity index (χ3v) is 2.22. The lowest BCUT2D eigenvalue weighted by molar-refractivity contribution is -0.140. The minimum atomic E-state index is -1.41. The molecule has 0 rings (SSSR count). The molecule has 0 unspecified atom stereocenters. The van der Waals surface area contributed by atoms with Crippen LogP contribution in [0.15, 0.2) is 0 Å². The van der Waals surface area contributed by atoms with Crippen molar-refractivity contribution in [1.82, 2.24) is 15.1 Å². The summed E-state index contributed by atoms with van der Waals surface area (Å²) in [6, 6.07) is -2.19. The molecular weight excluding hydrogens is 256 g/mol. The summed E-state index contributed by atoms with van der Waals surface area (Å²) >= 11 is 0. The molecule has 4 N–H and O–H groups in total. The molecule has 0 aliphatic rings. The van der Waals surface area contributed by atoms with Crippen molar-refractivity contribution in [3.8, 4) is 0 Å². The standard InChI is InChI=1S/C10H18N4O5/c1-13(2)8(16)5-14(3)10(19)12-6(9(17)18)4-7(11)15/h6H,4-5H2,1-3H3,(H2,11,15)(H,12,19)(H,17,18)/t6-/m1/s1.